The van der Waals surface area contributed by atoms with Crippen molar-refractivity contribution in [3.05, 3.63) is 12.2 Å². The molecule has 0 N–H and O–H groups in total. The Labute approximate surface area is 113 Å². The van der Waals surface area contributed by atoms with Gasteiger partial charge in [-0.2, -0.15) is 4.89 Å². The summed E-state index contributed by atoms with van der Waals surface area (Å²) in [6.07, 6.45) is 0.0629. The quantitative estimate of drug-likeness (QED) is 0.161. The first-order valence-electron chi connectivity index (χ1n) is 6.09. The topological polar surface area (TPSA) is 71.1 Å². The van der Waals surface area contributed by atoms with Gasteiger partial charge in [0.25, 0.3) is 6.29 Å². The minimum Gasteiger partial charge on any atom is -0.427 e. The van der Waals surface area contributed by atoms with Crippen molar-refractivity contribution in [2.75, 3.05) is 6.61 Å². The smallest absolute Gasteiger partial charge is 0.427 e. The lowest BCUT2D eigenvalue weighted by molar-refractivity contribution is -0.404. The predicted octanol–water partition coefficient (Wildman–Crippen LogP) is 2.77. The fourth-order valence-corrected chi connectivity index (χ4v) is 1.24. The standard InChI is InChI=1S/C13H22O6/c1-6-7-13(4,5)19-18-11(10(2)3)17-12(15)16-9-8-14/h8,11H,2,6-7,9H2,1,3-5H3. The van der Waals surface area contributed by atoms with E-state index in [1.807, 2.05) is 20.8 Å². The van der Waals surface area contributed by atoms with E-state index >= 15 is 0 Å². The van der Waals surface area contributed by atoms with Crippen molar-refractivity contribution >= 4 is 12.4 Å². The van der Waals surface area contributed by atoms with E-state index in [0.717, 1.165) is 12.8 Å². The molecule has 0 bridgehead atoms. The van der Waals surface area contributed by atoms with Gasteiger partial charge in [0.1, 0.15) is 0 Å². The molecule has 0 saturated carbocycles. The second-order valence-corrected chi connectivity index (χ2v) is 4.71. The molecular formula is C13H22O6. The highest BCUT2D eigenvalue weighted by molar-refractivity contribution is 5.63. The fourth-order valence-electron chi connectivity index (χ4n) is 1.24. The Morgan fingerprint density at radius 2 is 2.05 bits per heavy atom. The molecule has 0 amide bonds. The Morgan fingerprint density at radius 1 is 1.42 bits per heavy atom. The van der Waals surface area contributed by atoms with Crippen molar-refractivity contribution < 1.29 is 28.8 Å². The average molecular weight is 274 g/mol. The Hall–Kier alpha value is -1.40. The normalized spacial score (nSPS) is 12.6. The lowest BCUT2D eigenvalue weighted by atomic mass is 10.0. The van der Waals surface area contributed by atoms with E-state index in [0.29, 0.717) is 11.9 Å². The van der Waals surface area contributed by atoms with E-state index in [4.69, 9.17) is 14.5 Å². The van der Waals surface area contributed by atoms with Crippen LogP contribution in [0.25, 0.3) is 0 Å². The minimum absolute atomic E-state index is 0.371. The van der Waals surface area contributed by atoms with Gasteiger partial charge in [-0.3, -0.25) is 4.79 Å². The van der Waals surface area contributed by atoms with E-state index < -0.39 is 18.0 Å². The molecule has 0 aliphatic rings. The van der Waals surface area contributed by atoms with Crippen molar-refractivity contribution in [3.63, 3.8) is 0 Å². The number of ether oxygens (including phenoxy) is 2. The molecular weight excluding hydrogens is 252 g/mol. The van der Waals surface area contributed by atoms with Crippen LogP contribution in [0, 0.1) is 0 Å². The Bertz CT molecular complexity index is 310. The summed E-state index contributed by atoms with van der Waals surface area (Å²) in [5, 5.41) is 0. The molecule has 0 rings (SSSR count). The van der Waals surface area contributed by atoms with Gasteiger partial charge in [-0.05, 0) is 32.8 Å². The van der Waals surface area contributed by atoms with Crippen LogP contribution in [0.3, 0.4) is 0 Å². The fraction of sp³-hybridized carbons (Fsp3) is 0.692. The highest BCUT2D eigenvalue weighted by atomic mass is 17.2. The predicted molar refractivity (Wildman–Crippen MR) is 68.3 cm³/mol. The van der Waals surface area contributed by atoms with Crippen LogP contribution in [0.1, 0.15) is 40.5 Å². The van der Waals surface area contributed by atoms with Gasteiger partial charge in [-0.15, -0.1) is 0 Å². The molecule has 1 unspecified atom stereocenters. The van der Waals surface area contributed by atoms with E-state index in [1.165, 1.54) is 0 Å². The summed E-state index contributed by atoms with van der Waals surface area (Å²) in [6, 6.07) is 0. The van der Waals surface area contributed by atoms with Crippen LogP contribution >= 0.6 is 0 Å². The van der Waals surface area contributed by atoms with Gasteiger partial charge in [0, 0.05) is 0 Å². The molecule has 0 aromatic carbocycles. The maximum absolute atomic E-state index is 11.2. The second kappa shape index (κ2) is 8.66. The van der Waals surface area contributed by atoms with Crippen LogP contribution in [0.2, 0.25) is 0 Å². The SMILES string of the molecule is C=C(C)C(OOC(C)(C)CCC)OC(=O)OCC=O. The molecule has 0 radical (unpaired) electrons. The second-order valence-electron chi connectivity index (χ2n) is 4.71. The zero-order valence-electron chi connectivity index (χ0n) is 11.9. The van der Waals surface area contributed by atoms with Gasteiger partial charge < -0.3 is 9.47 Å². The molecule has 0 heterocycles. The Kier molecular flexibility index (Phi) is 8.02. The number of aldehydes is 1. The van der Waals surface area contributed by atoms with Crippen molar-refractivity contribution in [1.82, 2.24) is 0 Å². The maximum atomic E-state index is 11.2. The molecule has 19 heavy (non-hydrogen) atoms. The Morgan fingerprint density at radius 3 is 2.53 bits per heavy atom. The number of hydrogen-bond donors (Lipinski definition) is 0. The molecule has 0 aromatic heterocycles. The molecule has 0 fully saturated rings. The van der Waals surface area contributed by atoms with Gasteiger partial charge in [0.05, 0.1) is 5.60 Å². The van der Waals surface area contributed by atoms with Gasteiger partial charge in [0.2, 0.25) is 0 Å². The summed E-state index contributed by atoms with van der Waals surface area (Å²) in [7, 11) is 0. The zero-order chi connectivity index (χ0) is 14.9. The molecule has 0 aliphatic carbocycles. The molecule has 0 saturated heterocycles. The number of carbonyl (C=O) groups is 2. The van der Waals surface area contributed by atoms with Crippen molar-refractivity contribution in [2.24, 2.45) is 0 Å². The summed E-state index contributed by atoms with van der Waals surface area (Å²) in [5.74, 6) is 0. The molecule has 1 atom stereocenters. The van der Waals surface area contributed by atoms with Crippen LogP contribution in [-0.4, -0.2) is 30.9 Å². The van der Waals surface area contributed by atoms with Crippen molar-refractivity contribution in [3.8, 4) is 0 Å². The van der Waals surface area contributed by atoms with Crippen LogP contribution in [-0.2, 0) is 24.0 Å². The number of rotatable bonds is 9. The van der Waals surface area contributed by atoms with Crippen molar-refractivity contribution in [1.29, 1.82) is 0 Å². The van der Waals surface area contributed by atoms with Gasteiger partial charge >= 0.3 is 6.16 Å². The van der Waals surface area contributed by atoms with Gasteiger partial charge in [0.15, 0.2) is 12.9 Å². The molecule has 0 spiro atoms. The lowest BCUT2D eigenvalue weighted by Gasteiger charge is -2.26. The van der Waals surface area contributed by atoms with Crippen LogP contribution < -0.4 is 0 Å². The Balaban J connectivity index is 4.30. The molecule has 0 aliphatic heterocycles. The summed E-state index contributed by atoms with van der Waals surface area (Å²) >= 11 is 0. The highest BCUT2D eigenvalue weighted by Gasteiger charge is 2.24. The largest absolute Gasteiger partial charge is 0.511 e. The summed E-state index contributed by atoms with van der Waals surface area (Å²) in [4.78, 5) is 31.5. The van der Waals surface area contributed by atoms with Gasteiger partial charge in [-0.25, -0.2) is 9.68 Å². The molecule has 0 aromatic rings. The lowest BCUT2D eigenvalue weighted by Crippen LogP contribution is -2.30. The maximum Gasteiger partial charge on any atom is 0.511 e. The summed E-state index contributed by atoms with van der Waals surface area (Å²) in [6.45, 7) is 10.6. The third-order valence-electron chi connectivity index (χ3n) is 2.09. The number of hydrogen-bond acceptors (Lipinski definition) is 6. The third kappa shape index (κ3) is 8.34. The van der Waals surface area contributed by atoms with E-state index in [2.05, 4.69) is 11.3 Å². The minimum atomic E-state index is -1.07. The van der Waals surface area contributed by atoms with Crippen molar-refractivity contribution in [2.45, 2.75) is 52.4 Å². The number of carbonyl (C=O) groups excluding carboxylic acids is 2. The first-order chi connectivity index (χ1) is 8.82. The highest BCUT2D eigenvalue weighted by Crippen LogP contribution is 2.19. The first-order valence-corrected chi connectivity index (χ1v) is 6.09. The third-order valence-corrected chi connectivity index (χ3v) is 2.09. The van der Waals surface area contributed by atoms with Gasteiger partial charge in [-0.1, -0.05) is 19.9 Å². The van der Waals surface area contributed by atoms with Crippen LogP contribution in [0.5, 0.6) is 0 Å². The van der Waals surface area contributed by atoms with Crippen LogP contribution in [0.15, 0.2) is 12.2 Å². The first kappa shape index (κ1) is 17.6. The average Bonchev–Trinajstić information content (AvgIpc) is 2.31. The van der Waals surface area contributed by atoms with Crippen LogP contribution in [0.4, 0.5) is 4.79 Å². The van der Waals surface area contributed by atoms with E-state index in [9.17, 15) is 9.59 Å². The zero-order valence-corrected chi connectivity index (χ0v) is 11.9. The summed E-state index contributed by atoms with van der Waals surface area (Å²) in [5.41, 5.74) is -0.0613. The van der Waals surface area contributed by atoms with E-state index in [-0.39, 0.29) is 6.61 Å². The summed E-state index contributed by atoms with van der Waals surface area (Å²) < 4.78 is 9.27. The molecule has 110 valence electrons. The van der Waals surface area contributed by atoms with E-state index in [1.54, 1.807) is 6.92 Å². The molecule has 6 heteroatoms. The molecule has 6 nitrogen and oxygen atoms in total. The monoisotopic (exact) mass is 274 g/mol.